The average molecular weight is 200 g/mol. The largest absolute Gasteiger partial charge is 0.445 e. The molecule has 1 aromatic heterocycles. The second-order valence-electron chi connectivity index (χ2n) is 2.52. The maximum absolute atomic E-state index is 12.7. The van der Waals surface area contributed by atoms with Gasteiger partial charge >= 0.3 is 0 Å². The Hall–Kier alpha value is -1.36. The van der Waals surface area contributed by atoms with Crippen LogP contribution in [0.25, 0.3) is 11.0 Å². The molecule has 0 bridgehead atoms. The predicted molar refractivity (Wildman–Crippen MR) is 44.8 cm³/mol. The van der Waals surface area contributed by atoms with E-state index in [0.29, 0.717) is 11.0 Å². The summed E-state index contributed by atoms with van der Waals surface area (Å²) in [6.45, 7) is 0. The van der Waals surface area contributed by atoms with Gasteiger partial charge in [0.25, 0.3) is 0 Å². The lowest BCUT2D eigenvalue weighted by Crippen LogP contribution is -1.70. The summed E-state index contributed by atoms with van der Waals surface area (Å²) in [6.07, 6.45) is 0. The smallest absolute Gasteiger partial charge is 0.216 e. The van der Waals surface area contributed by atoms with E-state index in [1.807, 2.05) is 0 Å². The van der Waals surface area contributed by atoms with E-state index < -0.39 is 16.5 Å². The zero-order valence-corrected chi connectivity index (χ0v) is 7.25. The lowest BCUT2D eigenvalue weighted by Gasteiger charge is -1.86. The van der Waals surface area contributed by atoms with Crippen LogP contribution in [-0.2, 0) is 10.7 Å². The van der Waals surface area contributed by atoms with Crippen molar-refractivity contribution in [2.24, 2.45) is 0 Å². The first-order valence-electron chi connectivity index (χ1n) is 3.50. The van der Waals surface area contributed by atoms with Gasteiger partial charge in [0, 0.05) is 11.5 Å². The van der Waals surface area contributed by atoms with E-state index in [1.54, 1.807) is 0 Å². The van der Waals surface area contributed by atoms with Crippen LogP contribution in [0.2, 0.25) is 0 Å². The third-order valence-electron chi connectivity index (χ3n) is 1.65. The molecule has 0 aliphatic carbocycles. The van der Waals surface area contributed by atoms with Crippen LogP contribution in [0, 0.1) is 5.82 Å². The van der Waals surface area contributed by atoms with Gasteiger partial charge in [0.05, 0.1) is 0 Å². The van der Waals surface area contributed by atoms with Crippen molar-refractivity contribution in [3.8, 4) is 0 Å². The van der Waals surface area contributed by atoms with Crippen LogP contribution in [0.15, 0.2) is 33.8 Å². The Labute approximate surface area is 74.7 Å². The molecule has 5 heteroatoms. The van der Waals surface area contributed by atoms with Gasteiger partial charge < -0.3 is 4.42 Å². The summed E-state index contributed by atoms with van der Waals surface area (Å²) in [4.78, 5) is 0. The van der Waals surface area contributed by atoms with Gasteiger partial charge in [-0.1, -0.05) is 0 Å². The number of rotatable bonds is 1. The van der Waals surface area contributed by atoms with Crippen molar-refractivity contribution in [2.75, 3.05) is 0 Å². The molecule has 0 saturated heterocycles. The topological polar surface area (TPSA) is 47.3 Å². The van der Waals surface area contributed by atoms with Crippen LogP contribution < -0.4 is 0 Å². The summed E-state index contributed by atoms with van der Waals surface area (Å²) in [5, 5.41) is 0.310. The van der Waals surface area contributed by atoms with Gasteiger partial charge in [0.1, 0.15) is 11.4 Å². The Morgan fingerprint density at radius 2 is 2.00 bits per heavy atom. The van der Waals surface area contributed by atoms with E-state index in [2.05, 4.69) is 0 Å². The molecule has 0 fully saturated rings. The molecule has 0 aliphatic rings. The molecule has 0 N–H and O–H groups in total. The first kappa shape index (κ1) is 8.25. The third kappa shape index (κ3) is 1.42. The van der Waals surface area contributed by atoms with Crippen molar-refractivity contribution in [1.29, 1.82) is 0 Å². The van der Waals surface area contributed by atoms with E-state index in [4.69, 9.17) is 4.42 Å². The maximum Gasteiger partial charge on any atom is 0.216 e. The zero-order valence-electron chi connectivity index (χ0n) is 6.36. The number of fused-ring (bicyclic) bond motifs is 1. The van der Waals surface area contributed by atoms with Crippen molar-refractivity contribution in [2.45, 2.75) is 5.09 Å². The number of hydrogen-bond acceptors (Lipinski definition) is 3. The SMILES string of the molecule is O=[SH](=O)c1cc2cc(F)ccc2o1. The normalized spacial score (nSPS) is 11.2. The van der Waals surface area contributed by atoms with E-state index >= 15 is 0 Å². The molecule has 68 valence electrons. The molecule has 13 heavy (non-hydrogen) atoms. The van der Waals surface area contributed by atoms with Crippen molar-refractivity contribution < 1.29 is 17.2 Å². The van der Waals surface area contributed by atoms with Gasteiger partial charge in [-0.3, -0.25) is 0 Å². The van der Waals surface area contributed by atoms with Crippen LogP contribution in [0.5, 0.6) is 0 Å². The van der Waals surface area contributed by atoms with Gasteiger partial charge in [-0.15, -0.1) is 0 Å². The summed E-state index contributed by atoms with van der Waals surface area (Å²) >= 11 is 0. The summed E-state index contributed by atoms with van der Waals surface area (Å²) in [5.41, 5.74) is 0.371. The van der Waals surface area contributed by atoms with E-state index in [9.17, 15) is 12.8 Å². The molecule has 0 aliphatic heterocycles. The summed E-state index contributed by atoms with van der Waals surface area (Å²) < 4.78 is 38.6. The van der Waals surface area contributed by atoms with Gasteiger partial charge in [-0.05, 0) is 18.2 Å². The van der Waals surface area contributed by atoms with Crippen molar-refractivity contribution in [3.63, 3.8) is 0 Å². The molecule has 1 aromatic carbocycles. The quantitative estimate of drug-likeness (QED) is 0.710. The number of halogens is 1. The van der Waals surface area contributed by atoms with Crippen LogP contribution in [0.3, 0.4) is 0 Å². The molecule has 0 atom stereocenters. The number of furan rings is 1. The zero-order chi connectivity index (χ0) is 9.42. The molecule has 0 radical (unpaired) electrons. The highest BCUT2D eigenvalue weighted by atomic mass is 32.2. The molecule has 2 aromatic rings. The van der Waals surface area contributed by atoms with Gasteiger partial charge in [-0.25, -0.2) is 12.8 Å². The van der Waals surface area contributed by atoms with E-state index in [-0.39, 0.29) is 5.09 Å². The summed E-state index contributed by atoms with van der Waals surface area (Å²) in [5.74, 6) is -0.416. The molecule has 0 saturated carbocycles. The Bertz CT molecular complexity index is 519. The molecular weight excluding hydrogens is 195 g/mol. The van der Waals surface area contributed by atoms with Crippen molar-refractivity contribution in [1.82, 2.24) is 0 Å². The lowest BCUT2D eigenvalue weighted by molar-refractivity contribution is 0.490. The first-order chi connectivity index (χ1) is 6.16. The van der Waals surface area contributed by atoms with Gasteiger partial charge in [0.15, 0.2) is 0 Å². The lowest BCUT2D eigenvalue weighted by atomic mass is 10.2. The minimum atomic E-state index is -2.74. The molecule has 1 heterocycles. The van der Waals surface area contributed by atoms with Crippen LogP contribution in [0.4, 0.5) is 4.39 Å². The fourth-order valence-corrected chi connectivity index (χ4v) is 1.51. The highest BCUT2D eigenvalue weighted by Crippen LogP contribution is 2.20. The second kappa shape index (κ2) is 2.85. The number of benzene rings is 1. The first-order valence-corrected chi connectivity index (χ1v) is 4.68. The average Bonchev–Trinajstić information content (AvgIpc) is 2.46. The van der Waals surface area contributed by atoms with Crippen molar-refractivity contribution in [3.05, 3.63) is 30.1 Å². The highest BCUT2D eigenvalue weighted by molar-refractivity contribution is 7.72. The molecule has 0 spiro atoms. The van der Waals surface area contributed by atoms with Crippen LogP contribution in [-0.4, -0.2) is 8.42 Å². The van der Waals surface area contributed by atoms with Gasteiger partial charge in [0.2, 0.25) is 15.8 Å². The van der Waals surface area contributed by atoms with E-state index in [0.717, 1.165) is 0 Å². The fourth-order valence-electron chi connectivity index (χ4n) is 1.09. The Morgan fingerprint density at radius 1 is 1.23 bits per heavy atom. The molecule has 3 nitrogen and oxygen atoms in total. The Morgan fingerprint density at radius 3 is 2.69 bits per heavy atom. The predicted octanol–water partition coefficient (Wildman–Crippen LogP) is 1.54. The highest BCUT2D eigenvalue weighted by Gasteiger charge is 2.05. The van der Waals surface area contributed by atoms with Crippen LogP contribution in [0.1, 0.15) is 0 Å². The minimum absolute atomic E-state index is 0.143. The second-order valence-corrected chi connectivity index (χ2v) is 3.48. The third-order valence-corrected chi connectivity index (χ3v) is 2.23. The van der Waals surface area contributed by atoms with Gasteiger partial charge in [-0.2, -0.15) is 0 Å². The minimum Gasteiger partial charge on any atom is -0.445 e. The number of thiol groups is 1. The molecule has 0 amide bonds. The Balaban J connectivity index is 2.75. The maximum atomic E-state index is 12.7. The summed E-state index contributed by atoms with van der Waals surface area (Å²) in [7, 11) is -2.74. The molecular formula is C8H5FO3S. The molecule has 0 unspecified atom stereocenters. The van der Waals surface area contributed by atoms with Crippen molar-refractivity contribution >= 4 is 21.7 Å². The van der Waals surface area contributed by atoms with Crippen LogP contribution >= 0.6 is 0 Å². The standard InChI is InChI=1S/C8H5FO3S/c9-6-1-2-7-5(3-6)4-8(12-7)13(10)11/h1-4,13H. The summed E-state index contributed by atoms with van der Waals surface area (Å²) in [6, 6.07) is 5.13. The fraction of sp³-hybridized carbons (Fsp3) is 0. The Kier molecular flexibility index (Phi) is 1.81. The monoisotopic (exact) mass is 200 g/mol. The number of hydrogen-bond donors (Lipinski definition) is 1. The van der Waals surface area contributed by atoms with E-state index in [1.165, 1.54) is 24.3 Å². The molecule has 2 rings (SSSR count).